The highest BCUT2D eigenvalue weighted by molar-refractivity contribution is 6.85. The van der Waals surface area contributed by atoms with E-state index in [1.807, 2.05) is 0 Å². The van der Waals surface area contributed by atoms with E-state index in [4.69, 9.17) is 0 Å². The first-order chi connectivity index (χ1) is 10.3. The minimum Gasteiger partial charge on any atom is -0.0836 e. The first-order valence-electron chi connectivity index (χ1n) is 7.84. The summed E-state index contributed by atoms with van der Waals surface area (Å²) in [5.41, 5.74) is 6.08. The van der Waals surface area contributed by atoms with Crippen LogP contribution in [-0.2, 0) is 0 Å². The Balaban J connectivity index is 1.51. The van der Waals surface area contributed by atoms with E-state index in [1.54, 1.807) is 11.1 Å². The number of allylic oxidation sites excluding steroid dienone is 4. The van der Waals surface area contributed by atoms with Gasteiger partial charge in [-0.2, -0.15) is 0 Å². The van der Waals surface area contributed by atoms with Crippen LogP contribution < -0.4 is 0 Å². The molecule has 1 heteroatoms. The number of rotatable bonds is 2. The van der Waals surface area contributed by atoms with E-state index < -0.39 is 8.07 Å². The SMILES string of the molecule is C1=C(c2ccccc2)C[Si]2(C1)CC=C(c1ccccc1)C2. The van der Waals surface area contributed by atoms with Gasteiger partial charge in [0.05, 0.1) is 8.07 Å². The summed E-state index contributed by atoms with van der Waals surface area (Å²) in [5, 5.41) is 0. The molecule has 0 bridgehead atoms. The van der Waals surface area contributed by atoms with Crippen LogP contribution in [0, 0.1) is 0 Å². The van der Waals surface area contributed by atoms with Gasteiger partial charge in [0.15, 0.2) is 0 Å². The molecule has 0 fully saturated rings. The van der Waals surface area contributed by atoms with Crippen molar-refractivity contribution in [1.29, 1.82) is 0 Å². The van der Waals surface area contributed by atoms with Gasteiger partial charge >= 0.3 is 0 Å². The Labute approximate surface area is 127 Å². The molecule has 0 unspecified atom stereocenters. The Morgan fingerprint density at radius 3 is 1.43 bits per heavy atom. The quantitative estimate of drug-likeness (QED) is 0.628. The van der Waals surface area contributed by atoms with Crippen LogP contribution in [0.15, 0.2) is 72.8 Å². The van der Waals surface area contributed by atoms with Crippen molar-refractivity contribution >= 4 is 19.2 Å². The van der Waals surface area contributed by atoms with E-state index >= 15 is 0 Å². The highest BCUT2D eigenvalue weighted by Gasteiger charge is 2.40. The molecule has 2 aromatic rings. The van der Waals surface area contributed by atoms with Crippen molar-refractivity contribution < 1.29 is 0 Å². The monoisotopic (exact) mass is 288 g/mol. The van der Waals surface area contributed by atoms with Gasteiger partial charge in [0.25, 0.3) is 0 Å². The molecule has 1 spiro atoms. The molecule has 104 valence electrons. The summed E-state index contributed by atoms with van der Waals surface area (Å²) in [6.07, 6.45) is 5.06. The standard InChI is InChI=1S/C20H20Si/c1-3-7-17(8-4-1)19-11-13-21(15-19)14-12-20(16-21)18-9-5-2-6-10-18/h1-12H,13-16H2. The van der Waals surface area contributed by atoms with Crippen molar-refractivity contribution in [1.82, 2.24) is 0 Å². The fourth-order valence-corrected chi connectivity index (χ4v) is 8.35. The van der Waals surface area contributed by atoms with Crippen LogP contribution in [0.4, 0.5) is 0 Å². The Hall–Kier alpha value is -1.86. The van der Waals surface area contributed by atoms with Gasteiger partial charge in [-0.1, -0.05) is 72.8 Å². The molecule has 0 saturated carbocycles. The molecule has 0 saturated heterocycles. The predicted octanol–water partition coefficient (Wildman–Crippen LogP) is 5.63. The summed E-state index contributed by atoms with van der Waals surface area (Å²) in [4.78, 5) is 0. The van der Waals surface area contributed by atoms with Crippen molar-refractivity contribution in [2.75, 3.05) is 0 Å². The molecular formula is C20H20Si. The lowest BCUT2D eigenvalue weighted by molar-refractivity contribution is 1.41. The molecule has 0 amide bonds. The van der Waals surface area contributed by atoms with Crippen molar-refractivity contribution in [3.05, 3.63) is 83.9 Å². The molecule has 21 heavy (non-hydrogen) atoms. The smallest absolute Gasteiger partial charge is 0.0698 e. The number of hydrogen-bond acceptors (Lipinski definition) is 0. The summed E-state index contributed by atoms with van der Waals surface area (Å²) in [6.45, 7) is 0. The van der Waals surface area contributed by atoms with Crippen molar-refractivity contribution in [2.45, 2.75) is 24.2 Å². The Bertz CT molecular complexity index is 632. The Morgan fingerprint density at radius 1 is 0.571 bits per heavy atom. The van der Waals surface area contributed by atoms with Gasteiger partial charge in [-0.15, -0.1) is 0 Å². The molecule has 0 nitrogen and oxygen atoms in total. The summed E-state index contributed by atoms with van der Waals surface area (Å²) in [7, 11) is -1.15. The van der Waals surface area contributed by atoms with E-state index in [0.717, 1.165) is 0 Å². The maximum atomic E-state index is 2.53. The lowest BCUT2D eigenvalue weighted by Gasteiger charge is -2.21. The van der Waals surface area contributed by atoms with Gasteiger partial charge in [-0.3, -0.25) is 0 Å². The third-order valence-electron chi connectivity index (χ3n) is 4.98. The van der Waals surface area contributed by atoms with Crippen LogP contribution in [-0.4, -0.2) is 8.07 Å². The molecule has 0 radical (unpaired) electrons. The van der Waals surface area contributed by atoms with E-state index in [9.17, 15) is 0 Å². The zero-order valence-corrected chi connectivity index (χ0v) is 13.3. The summed E-state index contributed by atoms with van der Waals surface area (Å²) >= 11 is 0. The summed E-state index contributed by atoms with van der Waals surface area (Å²) < 4.78 is 0. The summed E-state index contributed by atoms with van der Waals surface area (Å²) in [6, 6.07) is 27.4. The van der Waals surface area contributed by atoms with Gasteiger partial charge in [-0.05, 0) is 46.4 Å². The second-order valence-electron chi connectivity index (χ2n) is 6.45. The molecule has 0 aromatic heterocycles. The lowest BCUT2D eigenvalue weighted by Crippen LogP contribution is -2.26. The normalized spacial score (nSPS) is 19.6. The number of benzene rings is 2. The zero-order valence-electron chi connectivity index (χ0n) is 12.3. The van der Waals surface area contributed by atoms with Gasteiger partial charge in [0.1, 0.15) is 0 Å². The van der Waals surface area contributed by atoms with Crippen LogP contribution in [0.25, 0.3) is 11.1 Å². The highest BCUT2D eigenvalue weighted by Crippen LogP contribution is 2.48. The van der Waals surface area contributed by atoms with E-state index in [0.29, 0.717) is 0 Å². The van der Waals surface area contributed by atoms with Gasteiger partial charge < -0.3 is 0 Å². The number of hydrogen-bond donors (Lipinski definition) is 0. The summed E-state index contributed by atoms with van der Waals surface area (Å²) in [5.74, 6) is 0. The Kier molecular flexibility index (Phi) is 3.15. The largest absolute Gasteiger partial charge is 0.0836 e. The molecule has 2 aliphatic rings. The molecular weight excluding hydrogens is 268 g/mol. The Morgan fingerprint density at radius 2 is 1.00 bits per heavy atom. The van der Waals surface area contributed by atoms with Gasteiger partial charge in [0, 0.05) is 0 Å². The molecule has 0 N–H and O–H groups in total. The predicted molar refractivity (Wildman–Crippen MR) is 93.8 cm³/mol. The fraction of sp³-hybridized carbons (Fsp3) is 0.200. The maximum absolute atomic E-state index is 2.53. The van der Waals surface area contributed by atoms with Gasteiger partial charge in [0.2, 0.25) is 0 Å². The van der Waals surface area contributed by atoms with Crippen LogP contribution in [0.5, 0.6) is 0 Å². The highest BCUT2D eigenvalue weighted by atomic mass is 28.3. The third-order valence-corrected chi connectivity index (χ3v) is 9.39. The zero-order chi connectivity index (χ0) is 14.1. The topological polar surface area (TPSA) is 0 Å². The van der Waals surface area contributed by atoms with Crippen LogP contribution in [0.1, 0.15) is 11.1 Å². The van der Waals surface area contributed by atoms with Crippen LogP contribution in [0.2, 0.25) is 24.2 Å². The average Bonchev–Trinajstić information content (AvgIpc) is 3.17. The molecule has 0 aliphatic carbocycles. The second kappa shape index (κ2) is 5.16. The second-order valence-corrected chi connectivity index (χ2v) is 11.0. The van der Waals surface area contributed by atoms with Crippen molar-refractivity contribution in [2.24, 2.45) is 0 Å². The van der Waals surface area contributed by atoms with E-state index in [1.165, 1.54) is 35.3 Å². The van der Waals surface area contributed by atoms with Crippen molar-refractivity contribution in [3.63, 3.8) is 0 Å². The first kappa shape index (κ1) is 12.8. The van der Waals surface area contributed by atoms with Crippen LogP contribution >= 0.6 is 0 Å². The molecule has 0 atom stereocenters. The minimum absolute atomic E-state index is 1.15. The average molecular weight is 288 g/mol. The van der Waals surface area contributed by atoms with E-state index in [2.05, 4.69) is 72.8 Å². The molecule has 4 rings (SSSR count). The van der Waals surface area contributed by atoms with Crippen molar-refractivity contribution in [3.8, 4) is 0 Å². The molecule has 2 aromatic carbocycles. The molecule has 2 aliphatic heterocycles. The molecule has 2 heterocycles. The maximum Gasteiger partial charge on any atom is 0.0698 e. The fourth-order valence-electron chi connectivity index (χ4n) is 3.81. The lowest BCUT2D eigenvalue weighted by atomic mass is 10.1. The van der Waals surface area contributed by atoms with E-state index in [-0.39, 0.29) is 0 Å². The minimum atomic E-state index is -1.15. The first-order valence-corrected chi connectivity index (χ1v) is 10.7. The van der Waals surface area contributed by atoms with Crippen LogP contribution in [0.3, 0.4) is 0 Å². The van der Waals surface area contributed by atoms with Gasteiger partial charge in [-0.25, -0.2) is 0 Å². The third kappa shape index (κ3) is 2.42.